The van der Waals surface area contributed by atoms with E-state index in [1.165, 1.54) is 5.56 Å². The van der Waals surface area contributed by atoms with Crippen LogP contribution in [-0.2, 0) is 4.79 Å². The van der Waals surface area contributed by atoms with Gasteiger partial charge in [-0.25, -0.2) is 5.10 Å². The Hall–Kier alpha value is -3.02. The molecule has 0 radical (unpaired) electrons. The van der Waals surface area contributed by atoms with E-state index < -0.39 is 5.92 Å². The van der Waals surface area contributed by atoms with E-state index in [1.54, 1.807) is 6.07 Å². The minimum Gasteiger partial charge on any atom is -0.342 e. The number of aromatic nitrogens is 3. The molecule has 3 aromatic rings. The number of fused-ring (bicyclic) bond motifs is 1. The van der Waals surface area contributed by atoms with Gasteiger partial charge >= 0.3 is 0 Å². The fraction of sp³-hybridized carbons (Fsp3) is 0.333. The van der Waals surface area contributed by atoms with E-state index in [1.807, 2.05) is 42.4 Å². The summed E-state index contributed by atoms with van der Waals surface area (Å²) in [4.78, 5) is 31.0. The topological polar surface area (TPSA) is 79.0 Å². The smallest absolute Gasteiger partial charge is 0.272 e. The quantitative estimate of drug-likeness (QED) is 0.777. The lowest BCUT2D eigenvalue weighted by molar-refractivity contribution is -0.133. The molecule has 1 atom stereocenters. The fourth-order valence-corrected chi connectivity index (χ4v) is 3.93. The maximum Gasteiger partial charge on any atom is 0.272 e. The number of hydrogen-bond donors (Lipinski definition) is 1. The first-order chi connectivity index (χ1) is 13.1. The predicted octanol–water partition coefficient (Wildman–Crippen LogP) is 2.83. The van der Waals surface area contributed by atoms with Gasteiger partial charge < -0.3 is 4.90 Å². The van der Waals surface area contributed by atoms with Crippen LogP contribution >= 0.6 is 0 Å². The molecule has 6 heteroatoms. The van der Waals surface area contributed by atoms with Crippen LogP contribution in [0.4, 0.5) is 0 Å². The molecule has 1 amide bonds. The SMILES string of the molecule is CC(C(=O)N1CCC(c2ccncc2)CC1)c1n[nH]c(=O)c2ccccc12. The first-order valence-electron chi connectivity index (χ1n) is 9.31. The number of pyridine rings is 1. The number of benzene rings is 1. The second-order valence-corrected chi connectivity index (χ2v) is 7.09. The van der Waals surface area contributed by atoms with Gasteiger partial charge in [0.1, 0.15) is 0 Å². The molecule has 0 spiro atoms. The molecule has 1 aromatic carbocycles. The summed E-state index contributed by atoms with van der Waals surface area (Å²) < 4.78 is 0. The highest BCUT2D eigenvalue weighted by atomic mass is 16.2. The van der Waals surface area contributed by atoms with Gasteiger partial charge in [-0.05, 0) is 49.4 Å². The van der Waals surface area contributed by atoms with Gasteiger partial charge in [0, 0.05) is 30.9 Å². The van der Waals surface area contributed by atoms with Crippen LogP contribution in [0.2, 0.25) is 0 Å². The molecule has 1 saturated heterocycles. The van der Waals surface area contributed by atoms with Gasteiger partial charge in [0.25, 0.3) is 5.56 Å². The van der Waals surface area contributed by atoms with E-state index >= 15 is 0 Å². The van der Waals surface area contributed by atoms with E-state index in [-0.39, 0.29) is 11.5 Å². The monoisotopic (exact) mass is 362 g/mol. The first-order valence-corrected chi connectivity index (χ1v) is 9.31. The molecule has 1 aliphatic rings. The van der Waals surface area contributed by atoms with Gasteiger partial charge in [-0.15, -0.1) is 0 Å². The highest BCUT2D eigenvalue weighted by Gasteiger charge is 2.29. The maximum atomic E-state index is 13.1. The van der Waals surface area contributed by atoms with E-state index in [0.29, 0.717) is 17.0 Å². The number of hydrogen-bond acceptors (Lipinski definition) is 4. The van der Waals surface area contributed by atoms with E-state index in [0.717, 1.165) is 31.3 Å². The number of likely N-dealkylation sites (tertiary alicyclic amines) is 1. The summed E-state index contributed by atoms with van der Waals surface area (Å²) in [6.07, 6.45) is 5.54. The van der Waals surface area contributed by atoms with Crippen molar-refractivity contribution in [3.05, 3.63) is 70.4 Å². The van der Waals surface area contributed by atoms with Crippen LogP contribution in [0.5, 0.6) is 0 Å². The molecule has 138 valence electrons. The van der Waals surface area contributed by atoms with Crippen LogP contribution in [0.25, 0.3) is 10.8 Å². The summed E-state index contributed by atoms with van der Waals surface area (Å²) in [6, 6.07) is 11.4. The maximum absolute atomic E-state index is 13.1. The number of nitrogens with one attached hydrogen (secondary N) is 1. The second-order valence-electron chi connectivity index (χ2n) is 7.09. The molecular weight excluding hydrogens is 340 g/mol. The van der Waals surface area contributed by atoms with Crippen LogP contribution in [0.3, 0.4) is 0 Å². The molecule has 1 N–H and O–H groups in total. The van der Waals surface area contributed by atoms with Crippen molar-refractivity contribution >= 4 is 16.7 Å². The van der Waals surface area contributed by atoms with Gasteiger partial charge in [0.05, 0.1) is 17.0 Å². The summed E-state index contributed by atoms with van der Waals surface area (Å²) in [5.41, 5.74) is 1.69. The van der Waals surface area contributed by atoms with Gasteiger partial charge in [0.2, 0.25) is 5.91 Å². The molecule has 27 heavy (non-hydrogen) atoms. The Bertz CT molecular complexity index is 1010. The first kappa shape index (κ1) is 17.4. The molecular formula is C21H22N4O2. The number of amides is 1. The third kappa shape index (κ3) is 3.35. The van der Waals surface area contributed by atoms with Crippen LogP contribution in [0, 0.1) is 0 Å². The summed E-state index contributed by atoms with van der Waals surface area (Å²) in [5.74, 6) is 0.136. The predicted molar refractivity (Wildman–Crippen MR) is 104 cm³/mol. The van der Waals surface area contributed by atoms with Crippen molar-refractivity contribution in [3.8, 4) is 0 Å². The number of aromatic amines is 1. The Morgan fingerprint density at radius 1 is 1.11 bits per heavy atom. The Labute approximate surface area is 157 Å². The zero-order valence-electron chi connectivity index (χ0n) is 15.3. The Balaban J connectivity index is 1.51. The number of piperidine rings is 1. The molecule has 1 fully saturated rings. The summed E-state index contributed by atoms with van der Waals surface area (Å²) in [7, 11) is 0. The molecule has 0 saturated carbocycles. The molecule has 1 unspecified atom stereocenters. The van der Waals surface area contributed by atoms with Crippen LogP contribution < -0.4 is 5.56 Å². The largest absolute Gasteiger partial charge is 0.342 e. The second kappa shape index (κ2) is 7.31. The zero-order valence-corrected chi connectivity index (χ0v) is 15.3. The lowest BCUT2D eigenvalue weighted by Gasteiger charge is -2.33. The number of nitrogens with zero attached hydrogens (tertiary/aromatic N) is 3. The molecule has 2 aromatic heterocycles. The molecule has 4 rings (SSSR count). The lowest BCUT2D eigenvalue weighted by atomic mass is 9.89. The average Bonchev–Trinajstić information content (AvgIpc) is 2.74. The Morgan fingerprint density at radius 2 is 1.78 bits per heavy atom. The van der Waals surface area contributed by atoms with Crippen molar-refractivity contribution in [2.24, 2.45) is 0 Å². The van der Waals surface area contributed by atoms with Crippen molar-refractivity contribution < 1.29 is 4.79 Å². The van der Waals surface area contributed by atoms with Gasteiger partial charge in [-0.2, -0.15) is 5.10 Å². The lowest BCUT2D eigenvalue weighted by Crippen LogP contribution is -2.40. The normalized spacial score (nSPS) is 16.4. The van der Waals surface area contributed by atoms with Crippen molar-refractivity contribution in [2.45, 2.75) is 31.6 Å². The summed E-state index contributed by atoms with van der Waals surface area (Å²) in [5, 5.41) is 8.03. The minimum absolute atomic E-state index is 0.0629. The average molecular weight is 362 g/mol. The molecule has 1 aliphatic heterocycles. The highest BCUT2D eigenvalue weighted by molar-refractivity contribution is 5.91. The number of H-pyrrole nitrogens is 1. The van der Waals surface area contributed by atoms with Crippen LogP contribution in [0.1, 0.15) is 42.9 Å². The van der Waals surface area contributed by atoms with Gasteiger partial charge in [0.15, 0.2) is 0 Å². The Morgan fingerprint density at radius 3 is 2.48 bits per heavy atom. The van der Waals surface area contributed by atoms with Gasteiger partial charge in [-0.1, -0.05) is 18.2 Å². The van der Waals surface area contributed by atoms with Crippen molar-refractivity contribution in [2.75, 3.05) is 13.1 Å². The third-order valence-corrected chi connectivity index (χ3v) is 5.49. The van der Waals surface area contributed by atoms with Crippen molar-refractivity contribution in [1.82, 2.24) is 20.1 Å². The van der Waals surface area contributed by atoms with Gasteiger partial charge in [-0.3, -0.25) is 14.6 Å². The van der Waals surface area contributed by atoms with Crippen molar-refractivity contribution in [3.63, 3.8) is 0 Å². The summed E-state index contributed by atoms with van der Waals surface area (Å²) >= 11 is 0. The summed E-state index contributed by atoms with van der Waals surface area (Å²) in [6.45, 7) is 3.33. The number of carbonyl (C=O) groups is 1. The minimum atomic E-state index is -0.399. The van der Waals surface area contributed by atoms with Crippen LogP contribution in [0.15, 0.2) is 53.6 Å². The molecule has 6 nitrogen and oxygen atoms in total. The number of carbonyl (C=O) groups excluding carboxylic acids is 1. The number of rotatable bonds is 3. The van der Waals surface area contributed by atoms with Crippen LogP contribution in [-0.4, -0.2) is 39.1 Å². The molecule has 0 bridgehead atoms. The van der Waals surface area contributed by atoms with E-state index in [4.69, 9.17) is 0 Å². The third-order valence-electron chi connectivity index (χ3n) is 5.49. The fourth-order valence-electron chi connectivity index (χ4n) is 3.93. The molecule has 0 aliphatic carbocycles. The zero-order chi connectivity index (χ0) is 18.8. The molecule has 3 heterocycles. The highest BCUT2D eigenvalue weighted by Crippen LogP contribution is 2.30. The van der Waals surface area contributed by atoms with E-state index in [2.05, 4.69) is 27.3 Å². The standard InChI is InChI=1S/C21H22N4O2/c1-14(19-17-4-2-3-5-18(17)20(26)24-23-19)21(27)25-12-8-16(9-13-25)15-6-10-22-11-7-15/h2-7,10-11,14,16H,8-9,12-13H2,1H3,(H,24,26). The van der Waals surface area contributed by atoms with E-state index in [9.17, 15) is 9.59 Å². The van der Waals surface area contributed by atoms with Crippen molar-refractivity contribution in [1.29, 1.82) is 0 Å². The Kier molecular flexibility index (Phi) is 4.71.